The molecule has 118 valence electrons. The molecular formula is C18H30N2O. The summed E-state index contributed by atoms with van der Waals surface area (Å²) in [6.07, 6.45) is 2.67. The van der Waals surface area contributed by atoms with Gasteiger partial charge in [-0.25, -0.2) is 0 Å². The van der Waals surface area contributed by atoms with Crippen LogP contribution in [0.15, 0.2) is 30.3 Å². The molecule has 1 amide bonds. The van der Waals surface area contributed by atoms with Gasteiger partial charge in [0.25, 0.3) is 0 Å². The van der Waals surface area contributed by atoms with Gasteiger partial charge in [-0.2, -0.15) is 0 Å². The first-order chi connectivity index (χ1) is 10.0. The van der Waals surface area contributed by atoms with E-state index < -0.39 is 0 Å². The van der Waals surface area contributed by atoms with Crippen LogP contribution in [0.2, 0.25) is 0 Å². The summed E-state index contributed by atoms with van der Waals surface area (Å²) in [5.74, 6) is 0.174. The standard InChI is InChI=1S/C18H30N2O/c1-5-6-12-18(21)19-16(4)13-20(15(2)3)14-17-10-8-7-9-11-17/h7-11,15-16H,5-6,12-14H2,1-4H3,(H,19,21). The molecule has 0 spiro atoms. The Morgan fingerprint density at radius 1 is 1.19 bits per heavy atom. The highest BCUT2D eigenvalue weighted by molar-refractivity contribution is 5.76. The zero-order chi connectivity index (χ0) is 15.7. The van der Waals surface area contributed by atoms with E-state index in [1.165, 1.54) is 5.56 Å². The first-order valence-electron chi connectivity index (χ1n) is 8.10. The molecule has 0 heterocycles. The highest BCUT2D eigenvalue weighted by Gasteiger charge is 2.15. The number of benzene rings is 1. The summed E-state index contributed by atoms with van der Waals surface area (Å²) in [6.45, 7) is 10.4. The van der Waals surface area contributed by atoms with Crippen molar-refractivity contribution in [3.63, 3.8) is 0 Å². The van der Waals surface area contributed by atoms with Gasteiger partial charge in [-0.3, -0.25) is 9.69 Å². The number of unbranched alkanes of at least 4 members (excludes halogenated alkanes) is 1. The molecule has 0 fully saturated rings. The molecule has 0 saturated heterocycles. The van der Waals surface area contributed by atoms with E-state index in [1.54, 1.807) is 0 Å². The van der Waals surface area contributed by atoms with Crippen LogP contribution in [-0.2, 0) is 11.3 Å². The molecule has 21 heavy (non-hydrogen) atoms. The van der Waals surface area contributed by atoms with E-state index in [0.29, 0.717) is 12.5 Å². The van der Waals surface area contributed by atoms with Crippen LogP contribution in [0.1, 0.15) is 52.5 Å². The number of hydrogen-bond donors (Lipinski definition) is 1. The molecule has 0 aliphatic heterocycles. The summed E-state index contributed by atoms with van der Waals surface area (Å²) >= 11 is 0. The molecule has 1 unspecified atom stereocenters. The quantitative estimate of drug-likeness (QED) is 0.754. The van der Waals surface area contributed by atoms with Gasteiger partial charge >= 0.3 is 0 Å². The molecule has 1 rings (SSSR count). The van der Waals surface area contributed by atoms with E-state index >= 15 is 0 Å². The Kier molecular flexibility index (Phi) is 8.06. The van der Waals surface area contributed by atoms with E-state index in [0.717, 1.165) is 25.9 Å². The molecule has 1 aromatic rings. The number of carbonyl (C=O) groups is 1. The van der Waals surface area contributed by atoms with Crippen molar-refractivity contribution in [3.8, 4) is 0 Å². The number of hydrogen-bond acceptors (Lipinski definition) is 2. The lowest BCUT2D eigenvalue weighted by molar-refractivity contribution is -0.121. The van der Waals surface area contributed by atoms with Gasteiger partial charge in [-0.05, 0) is 32.8 Å². The molecule has 0 aliphatic rings. The van der Waals surface area contributed by atoms with Crippen LogP contribution < -0.4 is 5.32 Å². The van der Waals surface area contributed by atoms with Gasteiger partial charge in [0.1, 0.15) is 0 Å². The van der Waals surface area contributed by atoms with E-state index in [1.807, 2.05) is 6.07 Å². The molecule has 3 nitrogen and oxygen atoms in total. The number of nitrogens with zero attached hydrogens (tertiary/aromatic N) is 1. The summed E-state index contributed by atoms with van der Waals surface area (Å²) in [4.78, 5) is 14.2. The molecular weight excluding hydrogens is 260 g/mol. The van der Waals surface area contributed by atoms with Crippen molar-refractivity contribution in [2.45, 2.75) is 65.6 Å². The first kappa shape index (κ1) is 17.7. The first-order valence-corrected chi connectivity index (χ1v) is 8.10. The number of rotatable bonds is 9. The minimum Gasteiger partial charge on any atom is -0.352 e. The van der Waals surface area contributed by atoms with Crippen LogP contribution in [0.3, 0.4) is 0 Å². The zero-order valence-corrected chi connectivity index (χ0v) is 13.9. The van der Waals surface area contributed by atoms with Crippen molar-refractivity contribution in [2.24, 2.45) is 0 Å². The maximum Gasteiger partial charge on any atom is 0.220 e. The second-order valence-corrected chi connectivity index (χ2v) is 6.08. The third-order valence-electron chi connectivity index (χ3n) is 3.63. The van der Waals surface area contributed by atoms with Crippen LogP contribution in [-0.4, -0.2) is 29.4 Å². The van der Waals surface area contributed by atoms with Crippen molar-refractivity contribution < 1.29 is 4.79 Å². The molecule has 3 heteroatoms. The number of carbonyl (C=O) groups excluding carboxylic acids is 1. The van der Waals surface area contributed by atoms with Gasteiger partial charge in [0.2, 0.25) is 5.91 Å². The molecule has 0 aromatic heterocycles. The largest absolute Gasteiger partial charge is 0.352 e. The molecule has 1 aromatic carbocycles. The highest BCUT2D eigenvalue weighted by Crippen LogP contribution is 2.09. The van der Waals surface area contributed by atoms with Crippen LogP contribution in [0, 0.1) is 0 Å². The molecule has 0 aliphatic carbocycles. The van der Waals surface area contributed by atoms with Crippen LogP contribution in [0.25, 0.3) is 0 Å². The summed E-state index contributed by atoms with van der Waals surface area (Å²) in [5.41, 5.74) is 1.32. The van der Waals surface area contributed by atoms with Gasteiger partial charge in [0.15, 0.2) is 0 Å². The van der Waals surface area contributed by atoms with Gasteiger partial charge in [0, 0.05) is 31.6 Å². The average molecular weight is 290 g/mol. The maximum atomic E-state index is 11.8. The summed E-state index contributed by atoms with van der Waals surface area (Å²) in [5, 5.41) is 3.11. The monoisotopic (exact) mass is 290 g/mol. The highest BCUT2D eigenvalue weighted by atomic mass is 16.1. The van der Waals surface area contributed by atoms with Crippen molar-refractivity contribution in [1.82, 2.24) is 10.2 Å². The lowest BCUT2D eigenvalue weighted by Crippen LogP contribution is -2.44. The Bertz CT molecular complexity index is 403. The van der Waals surface area contributed by atoms with Crippen molar-refractivity contribution in [3.05, 3.63) is 35.9 Å². The Morgan fingerprint density at radius 2 is 1.86 bits per heavy atom. The molecule has 0 radical (unpaired) electrons. The van der Waals surface area contributed by atoms with Gasteiger partial charge < -0.3 is 5.32 Å². The SMILES string of the molecule is CCCCC(=O)NC(C)CN(Cc1ccccc1)C(C)C. The fourth-order valence-electron chi connectivity index (χ4n) is 2.36. The summed E-state index contributed by atoms with van der Waals surface area (Å²) in [7, 11) is 0. The third-order valence-corrected chi connectivity index (χ3v) is 3.63. The second-order valence-electron chi connectivity index (χ2n) is 6.08. The van der Waals surface area contributed by atoms with Crippen LogP contribution >= 0.6 is 0 Å². The van der Waals surface area contributed by atoms with E-state index in [9.17, 15) is 4.79 Å². The summed E-state index contributed by atoms with van der Waals surface area (Å²) < 4.78 is 0. The Labute approximate surface area is 129 Å². The number of nitrogens with one attached hydrogen (secondary N) is 1. The minimum atomic E-state index is 0.174. The molecule has 1 atom stereocenters. The molecule has 0 bridgehead atoms. The third kappa shape index (κ3) is 7.28. The van der Waals surface area contributed by atoms with E-state index in [2.05, 4.69) is 62.2 Å². The second kappa shape index (κ2) is 9.56. The fraction of sp³-hybridized carbons (Fsp3) is 0.611. The normalized spacial score (nSPS) is 12.7. The average Bonchev–Trinajstić information content (AvgIpc) is 2.45. The van der Waals surface area contributed by atoms with Gasteiger partial charge in [-0.15, -0.1) is 0 Å². The predicted octanol–water partition coefficient (Wildman–Crippen LogP) is 3.59. The molecule has 1 N–H and O–H groups in total. The summed E-state index contributed by atoms with van der Waals surface area (Å²) in [6, 6.07) is 11.1. The lowest BCUT2D eigenvalue weighted by Gasteiger charge is -2.29. The smallest absolute Gasteiger partial charge is 0.220 e. The van der Waals surface area contributed by atoms with Crippen LogP contribution in [0.5, 0.6) is 0 Å². The Morgan fingerprint density at radius 3 is 2.43 bits per heavy atom. The van der Waals surface area contributed by atoms with E-state index in [4.69, 9.17) is 0 Å². The Balaban J connectivity index is 2.48. The van der Waals surface area contributed by atoms with E-state index in [-0.39, 0.29) is 11.9 Å². The van der Waals surface area contributed by atoms with Crippen molar-refractivity contribution in [2.75, 3.05) is 6.54 Å². The van der Waals surface area contributed by atoms with Crippen LogP contribution in [0.4, 0.5) is 0 Å². The lowest BCUT2D eigenvalue weighted by atomic mass is 10.1. The minimum absolute atomic E-state index is 0.174. The fourth-order valence-corrected chi connectivity index (χ4v) is 2.36. The maximum absolute atomic E-state index is 11.8. The topological polar surface area (TPSA) is 32.3 Å². The zero-order valence-electron chi connectivity index (χ0n) is 13.9. The van der Waals surface area contributed by atoms with Gasteiger partial charge in [-0.1, -0.05) is 43.7 Å². The molecule has 0 saturated carbocycles. The number of amides is 1. The predicted molar refractivity (Wildman–Crippen MR) is 89.1 cm³/mol. The Hall–Kier alpha value is -1.35. The van der Waals surface area contributed by atoms with Crippen molar-refractivity contribution >= 4 is 5.91 Å². The van der Waals surface area contributed by atoms with Crippen molar-refractivity contribution in [1.29, 1.82) is 0 Å². The van der Waals surface area contributed by atoms with Gasteiger partial charge in [0.05, 0.1) is 0 Å².